The van der Waals surface area contributed by atoms with Gasteiger partial charge in [0.05, 0.1) is 12.8 Å². The summed E-state index contributed by atoms with van der Waals surface area (Å²) >= 11 is 5.39. The zero-order valence-electron chi connectivity index (χ0n) is 31.5. The number of carbonyl (C=O) groups excluding carboxylic acids is 7. The lowest BCUT2D eigenvalue weighted by molar-refractivity contribution is -0.132. The number of likely N-dealkylation sites (N-methyl/N-ethyl adjacent to an activating group) is 1. The third-order valence-electron chi connectivity index (χ3n) is 6.36. The molecule has 18 heteroatoms. The second kappa shape index (κ2) is 38.3. The Balaban J connectivity index is -0.000000848. The van der Waals surface area contributed by atoms with Crippen LogP contribution in [-0.4, -0.2) is 117 Å². The van der Waals surface area contributed by atoms with Crippen LogP contribution in [0.5, 0.6) is 0 Å². The first kappa shape index (κ1) is 52.4. The number of nitrogens with one attached hydrogen (secondary N) is 7. The lowest BCUT2D eigenvalue weighted by atomic mass is 10.1. The molecular formula is C33H67N9O7S2. The maximum Gasteiger partial charge on any atom is 0.243 e. The molecule has 0 fully saturated rings. The summed E-state index contributed by atoms with van der Waals surface area (Å²) < 4.78 is 0. The van der Waals surface area contributed by atoms with Gasteiger partial charge in [0.1, 0.15) is 12.1 Å². The van der Waals surface area contributed by atoms with Crippen molar-refractivity contribution in [3.05, 3.63) is 0 Å². The van der Waals surface area contributed by atoms with E-state index in [1.165, 1.54) is 18.7 Å². The maximum absolute atomic E-state index is 12.2. The van der Waals surface area contributed by atoms with E-state index in [1.54, 1.807) is 20.9 Å². The number of rotatable bonds is 26. The largest absolute Gasteiger partial charge is 0.356 e. The molecule has 0 aliphatic heterocycles. The highest BCUT2D eigenvalue weighted by molar-refractivity contribution is 8.13. The molecule has 0 heterocycles. The van der Waals surface area contributed by atoms with Crippen molar-refractivity contribution in [3.63, 3.8) is 0 Å². The molecule has 51 heavy (non-hydrogen) atoms. The maximum atomic E-state index is 12.2. The number of thiol groups is 1. The summed E-state index contributed by atoms with van der Waals surface area (Å²) in [6.07, 6.45) is 5.46. The Morgan fingerprint density at radius 3 is 1.47 bits per heavy atom. The van der Waals surface area contributed by atoms with E-state index in [-0.39, 0.29) is 53.4 Å². The van der Waals surface area contributed by atoms with Gasteiger partial charge in [0.25, 0.3) is 0 Å². The average molecular weight is 766 g/mol. The monoisotopic (exact) mass is 765 g/mol. The van der Waals surface area contributed by atoms with Crippen molar-refractivity contribution in [1.29, 1.82) is 0 Å². The van der Waals surface area contributed by atoms with Gasteiger partial charge in [0.2, 0.25) is 35.4 Å². The van der Waals surface area contributed by atoms with Gasteiger partial charge in [0, 0.05) is 64.8 Å². The molecule has 0 aromatic rings. The fourth-order valence-corrected chi connectivity index (χ4v) is 4.83. The summed E-state index contributed by atoms with van der Waals surface area (Å²) in [7, 11) is 1.77. The van der Waals surface area contributed by atoms with Gasteiger partial charge in [-0.1, -0.05) is 31.5 Å². The van der Waals surface area contributed by atoms with Gasteiger partial charge >= 0.3 is 0 Å². The Hall–Kier alpha value is -2.93. The fourth-order valence-electron chi connectivity index (χ4n) is 3.97. The Labute approximate surface area is 314 Å². The van der Waals surface area contributed by atoms with Crippen LogP contribution >= 0.6 is 24.4 Å². The first-order valence-electron chi connectivity index (χ1n) is 17.8. The predicted octanol–water partition coefficient (Wildman–Crippen LogP) is -0.299. The molecule has 0 saturated heterocycles. The minimum Gasteiger partial charge on any atom is -0.356 e. The van der Waals surface area contributed by atoms with Gasteiger partial charge in [-0.3, -0.25) is 33.6 Å². The lowest BCUT2D eigenvalue weighted by Crippen LogP contribution is -2.50. The minimum absolute atomic E-state index is 0.0768. The highest BCUT2D eigenvalue weighted by atomic mass is 32.2. The van der Waals surface area contributed by atoms with Gasteiger partial charge in [-0.15, -0.1) is 0 Å². The van der Waals surface area contributed by atoms with E-state index in [2.05, 4.69) is 49.8 Å². The smallest absolute Gasteiger partial charge is 0.243 e. The number of thioether (sulfide) groups is 1. The highest BCUT2D eigenvalue weighted by Gasteiger charge is 2.24. The molecule has 0 aliphatic carbocycles. The van der Waals surface area contributed by atoms with Crippen LogP contribution in [0.15, 0.2) is 0 Å². The minimum atomic E-state index is -0.876. The van der Waals surface area contributed by atoms with Crippen LogP contribution in [0.1, 0.15) is 91.9 Å². The normalized spacial score (nSPS) is 11.2. The second-order valence-electron chi connectivity index (χ2n) is 11.1. The van der Waals surface area contributed by atoms with Gasteiger partial charge < -0.3 is 48.7 Å². The van der Waals surface area contributed by atoms with E-state index in [9.17, 15) is 33.6 Å². The van der Waals surface area contributed by atoms with Crippen molar-refractivity contribution < 1.29 is 33.6 Å². The SMILES string of the molecule is CCN.CCNC(=O)C[C@H](NC(=O)CCCCCS)C(=O)NCCN.CCNC(=O)C[C@H](NC(=O)CCCCCSC(C)=O)C(=O)NCCNC. The quantitative estimate of drug-likeness (QED) is 0.0404. The van der Waals surface area contributed by atoms with Crippen LogP contribution in [0, 0.1) is 0 Å². The van der Waals surface area contributed by atoms with Gasteiger partial charge in [-0.25, -0.2) is 0 Å². The van der Waals surface area contributed by atoms with E-state index in [4.69, 9.17) is 11.5 Å². The van der Waals surface area contributed by atoms with Gasteiger partial charge in [-0.2, -0.15) is 12.6 Å². The Morgan fingerprint density at radius 1 is 0.627 bits per heavy atom. The number of hydrogen-bond donors (Lipinski definition) is 10. The third-order valence-corrected chi connectivity index (χ3v) is 7.58. The van der Waals surface area contributed by atoms with Crippen molar-refractivity contribution >= 4 is 64.9 Å². The number of unbranched alkanes of at least 4 members (excludes halogenated alkanes) is 4. The van der Waals surface area contributed by atoms with Crippen LogP contribution in [0.4, 0.5) is 0 Å². The molecule has 0 unspecified atom stereocenters. The average Bonchev–Trinajstić information content (AvgIpc) is 3.07. The van der Waals surface area contributed by atoms with E-state index < -0.39 is 12.1 Å². The number of hydrogen-bond acceptors (Lipinski definition) is 12. The Bertz CT molecular complexity index is 979. The summed E-state index contributed by atoms with van der Waals surface area (Å²) in [5, 5.41) is 18.8. The summed E-state index contributed by atoms with van der Waals surface area (Å²) in [5.41, 5.74) is 10.2. The van der Waals surface area contributed by atoms with Crippen LogP contribution < -0.4 is 48.7 Å². The molecule has 0 spiro atoms. The first-order chi connectivity index (χ1) is 24.4. The molecule has 0 aliphatic rings. The van der Waals surface area contributed by atoms with Gasteiger partial charge in [0.15, 0.2) is 5.12 Å². The summed E-state index contributed by atoms with van der Waals surface area (Å²) in [4.78, 5) is 82.4. The Morgan fingerprint density at radius 2 is 1.08 bits per heavy atom. The molecule has 2 atom stereocenters. The molecule has 11 N–H and O–H groups in total. The zero-order chi connectivity index (χ0) is 39.3. The second-order valence-corrected chi connectivity index (χ2v) is 12.8. The topological polar surface area (TPSA) is 256 Å². The molecule has 298 valence electrons. The number of carbonyl (C=O) groups is 7. The molecule has 6 amide bonds. The summed E-state index contributed by atoms with van der Waals surface area (Å²) in [6.45, 7) is 10.4. The molecule has 0 aromatic carbocycles. The van der Waals surface area contributed by atoms with Crippen molar-refractivity contribution in [3.8, 4) is 0 Å². The van der Waals surface area contributed by atoms with Crippen molar-refractivity contribution in [1.82, 2.24) is 37.2 Å². The standard InChI is InChI=1S/C17H32N4O4S.C14H28N4O3S.C2H7N/c1-4-19-16(24)12-14(17(25)20-10-9-18-3)21-15(23)8-6-5-7-11-26-13(2)22;1-2-16-13(20)10-11(14(21)17-8-7-15)18-12(19)6-4-3-5-9-22;1-2-3/h14,18H,4-12H2,1-3H3,(H,19,24)(H,20,25)(H,21,23);11,22H,2-10,15H2,1H3,(H,16,20)(H,17,21)(H,18,19);2-3H2,1H3/t14-;11-;/m00./s1. The first-order valence-corrected chi connectivity index (χ1v) is 19.4. The third kappa shape index (κ3) is 36.7. The van der Waals surface area contributed by atoms with E-state index in [1.807, 2.05) is 6.92 Å². The molecule has 0 rings (SSSR count). The molecular weight excluding hydrogens is 699 g/mol. The zero-order valence-corrected chi connectivity index (χ0v) is 33.2. The van der Waals surface area contributed by atoms with Crippen molar-refractivity contribution in [2.75, 3.05) is 64.4 Å². The van der Waals surface area contributed by atoms with Crippen molar-refractivity contribution in [2.24, 2.45) is 11.5 Å². The molecule has 0 radical (unpaired) electrons. The van der Waals surface area contributed by atoms with E-state index in [0.717, 1.165) is 50.2 Å². The van der Waals surface area contributed by atoms with Crippen LogP contribution in [-0.2, 0) is 33.6 Å². The predicted molar refractivity (Wildman–Crippen MR) is 208 cm³/mol. The molecule has 0 bridgehead atoms. The van der Waals surface area contributed by atoms with E-state index >= 15 is 0 Å². The van der Waals surface area contributed by atoms with Crippen LogP contribution in [0.2, 0.25) is 0 Å². The molecule has 0 aromatic heterocycles. The summed E-state index contributed by atoms with van der Waals surface area (Å²) in [6, 6.07) is -1.74. The fraction of sp³-hybridized carbons (Fsp3) is 0.788. The molecule has 16 nitrogen and oxygen atoms in total. The Kier molecular flexibility index (Phi) is 39.4. The van der Waals surface area contributed by atoms with Gasteiger partial charge in [-0.05, 0) is 58.9 Å². The lowest BCUT2D eigenvalue weighted by Gasteiger charge is -2.18. The number of nitrogens with two attached hydrogens (primary N) is 2. The number of amides is 6. The van der Waals surface area contributed by atoms with Crippen LogP contribution in [0.3, 0.4) is 0 Å². The molecule has 0 saturated carbocycles. The van der Waals surface area contributed by atoms with Crippen molar-refractivity contribution in [2.45, 2.75) is 104 Å². The van der Waals surface area contributed by atoms with Crippen LogP contribution in [0.25, 0.3) is 0 Å². The van der Waals surface area contributed by atoms with E-state index in [0.29, 0.717) is 58.5 Å². The summed E-state index contributed by atoms with van der Waals surface area (Å²) in [5.74, 6) is -0.224. The highest BCUT2D eigenvalue weighted by Crippen LogP contribution is 2.08.